The summed E-state index contributed by atoms with van der Waals surface area (Å²) < 4.78 is 8.56. The van der Waals surface area contributed by atoms with Crippen molar-refractivity contribution in [2.45, 2.75) is 25.5 Å². The molecule has 0 radical (unpaired) electrons. The van der Waals surface area contributed by atoms with Crippen molar-refractivity contribution >= 4 is 24.0 Å². The van der Waals surface area contributed by atoms with Crippen LogP contribution in [0.1, 0.15) is 18.4 Å². The van der Waals surface area contributed by atoms with Crippen LogP contribution in [-0.4, -0.2) is 30.5 Å². The van der Waals surface area contributed by atoms with Gasteiger partial charge in [0.05, 0.1) is 12.6 Å². The summed E-state index contributed by atoms with van der Waals surface area (Å²) >= 11 is 1.45. The minimum absolute atomic E-state index is 0.107. The van der Waals surface area contributed by atoms with Crippen LogP contribution in [0.25, 0.3) is 0 Å². The summed E-state index contributed by atoms with van der Waals surface area (Å²) in [5.74, 6) is 0.609. The molecule has 2 rings (SSSR count). The van der Waals surface area contributed by atoms with Gasteiger partial charge in [-0.3, -0.25) is 9.52 Å². The monoisotopic (exact) mass is 293 g/mol. The lowest BCUT2D eigenvalue weighted by Crippen LogP contribution is -2.35. The number of rotatable bonds is 8. The van der Waals surface area contributed by atoms with Crippen molar-refractivity contribution in [1.29, 1.82) is 0 Å². The summed E-state index contributed by atoms with van der Waals surface area (Å²) in [6, 6.07) is 9.64. The first-order valence-electron chi connectivity index (χ1n) is 6.78. The summed E-state index contributed by atoms with van der Waals surface area (Å²) in [6.45, 7) is 1.13. The Hall–Kier alpha value is -1.17. The van der Waals surface area contributed by atoms with Crippen LogP contribution in [0.4, 0.5) is 0 Å². The van der Waals surface area contributed by atoms with Gasteiger partial charge in [0.25, 0.3) is 0 Å². The number of hydrogen-bond acceptors (Lipinski definition) is 5. The average molecular weight is 293 g/mol. The number of ketones is 1. The largest absolute Gasteiger partial charge is 0.377 e. The van der Waals surface area contributed by atoms with E-state index in [9.17, 15) is 9.59 Å². The van der Waals surface area contributed by atoms with Crippen molar-refractivity contribution in [3.05, 3.63) is 35.9 Å². The van der Waals surface area contributed by atoms with Crippen LogP contribution in [0.5, 0.6) is 0 Å². The predicted octanol–water partition coefficient (Wildman–Crippen LogP) is 1.99. The van der Waals surface area contributed by atoms with Crippen molar-refractivity contribution in [2.75, 3.05) is 12.4 Å². The zero-order valence-corrected chi connectivity index (χ0v) is 12.1. The second-order valence-electron chi connectivity index (χ2n) is 4.81. The van der Waals surface area contributed by atoms with Gasteiger partial charge in [0, 0.05) is 24.7 Å². The molecule has 0 aliphatic carbocycles. The van der Waals surface area contributed by atoms with E-state index >= 15 is 0 Å². The maximum Gasteiger partial charge on any atom is 0.151 e. The van der Waals surface area contributed by atoms with Crippen LogP contribution in [0.3, 0.4) is 0 Å². The average Bonchev–Trinajstić information content (AvgIpc) is 2.96. The van der Waals surface area contributed by atoms with Gasteiger partial charge < -0.3 is 9.53 Å². The molecule has 1 aromatic rings. The summed E-state index contributed by atoms with van der Waals surface area (Å²) in [5, 5.41) is 0. The molecule has 5 heteroatoms. The van der Waals surface area contributed by atoms with Crippen LogP contribution < -0.4 is 4.72 Å². The molecule has 1 N–H and O–H groups in total. The molecule has 0 saturated carbocycles. The number of carbonyl (C=O) groups is 2. The molecule has 1 fully saturated rings. The van der Waals surface area contributed by atoms with Crippen molar-refractivity contribution in [3.63, 3.8) is 0 Å². The Balaban J connectivity index is 1.61. The summed E-state index contributed by atoms with van der Waals surface area (Å²) in [5.41, 5.74) is 1.13. The van der Waals surface area contributed by atoms with Gasteiger partial charge in [-0.1, -0.05) is 42.3 Å². The second-order valence-corrected chi connectivity index (χ2v) is 5.67. The molecule has 2 atom stereocenters. The lowest BCUT2D eigenvalue weighted by Gasteiger charge is -2.12. The van der Waals surface area contributed by atoms with Crippen molar-refractivity contribution < 1.29 is 14.3 Å². The van der Waals surface area contributed by atoms with E-state index < -0.39 is 0 Å². The van der Waals surface area contributed by atoms with Gasteiger partial charge >= 0.3 is 0 Å². The number of carbonyl (C=O) groups excluding carboxylic acids is 2. The topological polar surface area (TPSA) is 55.4 Å². The van der Waals surface area contributed by atoms with Crippen molar-refractivity contribution in [1.82, 2.24) is 4.72 Å². The fourth-order valence-corrected chi connectivity index (χ4v) is 3.15. The molecule has 0 bridgehead atoms. The first kappa shape index (κ1) is 15.2. The molecule has 1 aliphatic rings. The van der Waals surface area contributed by atoms with E-state index in [-0.39, 0.29) is 17.7 Å². The summed E-state index contributed by atoms with van der Waals surface area (Å²) in [6.07, 6.45) is 2.03. The molecule has 0 amide bonds. The van der Waals surface area contributed by atoms with Gasteiger partial charge in [0.2, 0.25) is 0 Å². The van der Waals surface area contributed by atoms with Crippen molar-refractivity contribution in [3.8, 4) is 0 Å². The first-order chi connectivity index (χ1) is 9.81. The standard InChI is InChI=1S/C15H19NO3S/c17-9-13-11-20-16-15(13)14(18)7-4-8-19-10-12-5-2-1-3-6-12/h1-3,5-6,9,13,15-16H,4,7-8,10-11H2/t13-,15?/m1/s1. The van der Waals surface area contributed by atoms with Crippen LogP contribution in [-0.2, 0) is 20.9 Å². The Morgan fingerprint density at radius 1 is 1.40 bits per heavy atom. The normalized spacial score (nSPS) is 21.8. The minimum Gasteiger partial charge on any atom is -0.377 e. The van der Waals surface area contributed by atoms with Gasteiger partial charge in [-0.05, 0) is 12.0 Å². The van der Waals surface area contributed by atoms with Crippen molar-refractivity contribution in [2.24, 2.45) is 5.92 Å². The fourth-order valence-electron chi connectivity index (χ4n) is 2.11. The quantitative estimate of drug-likeness (QED) is 0.451. The third-order valence-corrected chi connectivity index (χ3v) is 4.23. The maximum absolute atomic E-state index is 12.0. The number of hydrogen-bond donors (Lipinski definition) is 1. The van der Waals surface area contributed by atoms with E-state index in [1.54, 1.807) is 0 Å². The molecule has 0 aromatic heterocycles. The molecule has 4 nitrogen and oxygen atoms in total. The van der Waals surface area contributed by atoms with Crippen LogP contribution in [0, 0.1) is 5.92 Å². The Labute approximate surface area is 123 Å². The molecule has 1 unspecified atom stereocenters. The Kier molecular flexibility index (Phi) is 6.24. The predicted molar refractivity (Wildman–Crippen MR) is 79.3 cm³/mol. The highest BCUT2D eigenvalue weighted by atomic mass is 32.2. The number of nitrogens with one attached hydrogen (secondary N) is 1. The highest BCUT2D eigenvalue weighted by molar-refractivity contribution is 7.97. The fraction of sp³-hybridized carbons (Fsp3) is 0.467. The van der Waals surface area contributed by atoms with E-state index in [2.05, 4.69) is 4.72 Å². The lowest BCUT2D eigenvalue weighted by molar-refractivity contribution is -0.124. The second kappa shape index (κ2) is 8.19. The summed E-state index contributed by atoms with van der Waals surface area (Å²) in [7, 11) is 0. The van der Waals surface area contributed by atoms with Gasteiger partial charge in [0.15, 0.2) is 5.78 Å². The zero-order valence-electron chi connectivity index (χ0n) is 11.3. The molecule has 108 valence electrons. The number of Topliss-reactive ketones (excluding diaryl/α,β-unsaturated/α-hetero) is 1. The van der Waals surface area contributed by atoms with Crippen LogP contribution in [0.15, 0.2) is 30.3 Å². The molecule has 1 heterocycles. The van der Waals surface area contributed by atoms with Gasteiger partial charge in [-0.15, -0.1) is 0 Å². The molecule has 0 spiro atoms. The SMILES string of the molecule is O=C[C@@H]1CSNC1C(=O)CCCOCc1ccccc1. The van der Waals surface area contributed by atoms with Crippen LogP contribution >= 0.6 is 11.9 Å². The van der Waals surface area contributed by atoms with Gasteiger partial charge in [-0.2, -0.15) is 0 Å². The van der Waals surface area contributed by atoms with E-state index in [1.807, 2.05) is 30.3 Å². The zero-order chi connectivity index (χ0) is 14.2. The highest BCUT2D eigenvalue weighted by Crippen LogP contribution is 2.20. The number of aldehydes is 1. The summed E-state index contributed by atoms with van der Waals surface area (Å²) in [4.78, 5) is 22.8. The van der Waals surface area contributed by atoms with E-state index in [4.69, 9.17) is 4.74 Å². The Morgan fingerprint density at radius 3 is 2.95 bits per heavy atom. The van der Waals surface area contributed by atoms with Crippen LogP contribution in [0.2, 0.25) is 0 Å². The molecular weight excluding hydrogens is 274 g/mol. The Morgan fingerprint density at radius 2 is 2.20 bits per heavy atom. The molecule has 1 saturated heterocycles. The van der Waals surface area contributed by atoms with E-state index in [0.717, 1.165) is 11.8 Å². The number of benzene rings is 1. The molecule has 1 aromatic carbocycles. The number of ether oxygens (including phenoxy) is 1. The third kappa shape index (κ3) is 4.44. The first-order valence-corrected chi connectivity index (χ1v) is 7.77. The van der Waals surface area contributed by atoms with Gasteiger partial charge in [0.1, 0.15) is 6.29 Å². The Bertz CT molecular complexity index is 438. The molecular formula is C15H19NO3S. The van der Waals surface area contributed by atoms with Gasteiger partial charge in [-0.25, -0.2) is 0 Å². The van der Waals surface area contributed by atoms with E-state index in [1.165, 1.54) is 11.9 Å². The van der Waals surface area contributed by atoms with E-state index in [0.29, 0.717) is 31.8 Å². The lowest BCUT2D eigenvalue weighted by atomic mass is 9.98. The minimum atomic E-state index is -0.313. The smallest absolute Gasteiger partial charge is 0.151 e. The highest BCUT2D eigenvalue weighted by Gasteiger charge is 2.32. The maximum atomic E-state index is 12.0. The molecule has 1 aliphatic heterocycles. The molecule has 20 heavy (non-hydrogen) atoms. The third-order valence-electron chi connectivity index (χ3n) is 3.26.